The van der Waals surface area contributed by atoms with E-state index in [1.807, 2.05) is 0 Å². The summed E-state index contributed by atoms with van der Waals surface area (Å²) in [5, 5.41) is 5.28. The SMILES string of the molecule is C=C(N)Nc1cc(Oc2ccc(NC(=O)N3CCN(c4cccc(C(F)(F)F)c4)C3=S)cc2F)ccn1. The molecule has 0 radical (unpaired) electrons. The number of pyridine rings is 1. The summed E-state index contributed by atoms with van der Waals surface area (Å²) in [5.74, 6) is -0.0379. The van der Waals surface area contributed by atoms with E-state index in [0.717, 1.165) is 18.2 Å². The number of benzene rings is 2. The number of thiocarbonyl (C=S) groups is 1. The maximum absolute atomic E-state index is 14.7. The highest BCUT2D eigenvalue weighted by molar-refractivity contribution is 7.80. The van der Waals surface area contributed by atoms with Crippen molar-refractivity contribution in [2.24, 2.45) is 5.73 Å². The number of rotatable bonds is 6. The number of ether oxygens (including phenoxy) is 1. The standard InChI is InChI=1S/C24H20F4N6O2S/c1-14(29)31-21-13-18(7-8-30-21)36-20-6-5-16(12-19(20)25)32-22(35)34-10-9-33(23(34)37)17-4-2-3-15(11-17)24(26,27)28/h2-8,11-13H,1,9-10,29H2,(H,30,31)(H,32,35). The number of amides is 2. The lowest BCUT2D eigenvalue weighted by Crippen LogP contribution is -2.38. The minimum Gasteiger partial charge on any atom is -0.454 e. The monoisotopic (exact) mass is 532 g/mol. The van der Waals surface area contributed by atoms with Crippen molar-refractivity contribution in [3.63, 3.8) is 0 Å². The van der Waals surface area contributed by atoms with Gasteiger partial charge in [-0.1, -0.05) is 12.6 Å². The number of hydrogen-bond donors (Lipinski definition) is 3. The maximum atomic E-state index is 14.7. The molecule has 8 nitrogen and oxygen atoms in total. The molecule has 4 N–H and O–H groups in total. The summed E-state index contributed by atoms with van der Waals surface area (Å²) in [6.07, 6.45) is -3.07. The highest BCUT2D eigenvalue weighted by Crippen LogP contribution is 2.33. The zero-order valence-electron chi connectivity index (χ0n) is 19.1. The van der Waals surface area contributed by atoms with Crippen LogP contribution in [0.1, 0.15) is 5.56 Å². The molecular weight excluding hydrogens is 512 g/mol. The van der Waals surface area contributed by atoms with Gasteiger partial charge in [-0.3, -0.25) is 4.90 Å². The normalized spacial score (nSPS) is 13.5. The molecule has 4 rings (SSSR count). The van der Waals surface area contributed by atoms with Gasteiger partial charge in [0.2, 0.25) is 0 Å². The third kappa shape index (κ3) is 6.06. The zero-order valence-corrected chi connectivity index (χ0v) is 19.9. The van der Waals surface area contributed by atoms with Crippen LogP contribution in [0.2, 0.25) is 0 Å². The van der Waals surface area contributed by atoms with Crippen molar-refractivity contribution >= 4 is 40.6 Å². The van der Waals surface area contributed by atoms with Gasteiger partial charge in [0.05, 0.1) is 11.4 Å². The molecule has 2 amide bonds. The van der Waals surface area contributed by atoms with Crippen molar-refractivity contribution in [1.29, 1.82) is 0 Å². The molecule has 1 aromatic heterocycles. The van der Waals surface area contributed by atoms with Crippen LogP contribution in [-0.2, 0) is 6.18 Å². The first kappa shape index (κ1) is 25.7. The lowest BCUT2D eigenvalue weighted by Gasteiger charge is -2.22. The van der Waals surface area contributed by atoms with Crippen LogP contribution in [0.15, 0.2) is 73.2 Å². The third-order valence-electron chi connectivity index (χ3n) is 5.17. The smallest absolute Gasteiger partial charge is 0.416 e. The molecule has 192 valence electrons. The van der Waals surface area contributed by atoms with Gasteiger partial charge in [-0.2, -0.15) is 13.2 Å². The van der Waals surface area contributed by atoms with Crippen molar-refractivity contribution < 1.29 is 27.1 Å². The molecule has 2 aromatic carbocycles. The van der Waals surface area contributed by atoms with Crippen LogP contribution in [0.25, 0.3) is 0 Å². The van der Waals surface area contributed by atoms with E-state index in [2.05, 4.69) is 22.2 Å². The highest BCUT2D eigenvalue weighted by atomic mass is 32.1. The first-order valence-electron chi connectivity index (χ1n) is 10.7. The van der Waals surface area contributed by atoms with Gasteiger partial charge in [0.15, 0.2) is 16.7 Å². The lowest BCUT2D eigenvalue weighted by molar-refractivity contribution is -0.137. The van der Waals surface area contributed by atoms with E-state index in [1.54, 1.807) is 0 Å². The Bertz CT molecular complexity index is 1370. The number of nitrogens with zero attached hydrogens (tertiary/aromatic N) is 3. The summed E-state index contributed by atoms with van der Waals surface area (Å²) in [6, 6.07) is 10.9. The highest BCUT2D eigenvalue weighted by Gasteiger charge is 2.34. The molecule has 1 aliphatic rings. The van der Waals surface area contributed by atoms with Crippen LogP contribution in [0.3, 0.4) is 0 Å². The minimum atomic E-state index is -4.51. The molecule has 1 aliphatic heterocycles. The Morgan fingerprint density at radius 2 is 1.89 bits per heavy atom. The number of carbonyl (C=O) groups is 1. The fourth-order valence-electron chi connectivity index (χ4n) is 3.50. The molecule has 0 aliphatic carbocycles. The second-order valence-electron chi connectivity index (χ2n) is 7.84. The summed E-state index contributed by atoms with van der Waals surface area (Å²) in [6.45, 7) is 3.85. The van der Waals surface area contributed by atoms with E-state index in [-0.39, 0.29) is 46.9 Å². The quantitative estimate of drug-likeness (QED) is 0.285. The van der Waals surface area contributed by atoms with Gasteiger partial charge in [-0.25, -0.2) is 14.2 Å². The van der Waals surface area contributed by atoms with Gasteiger partial charge in [-0.15, -0.1) is 0 Å². The molecule has 2 heterocycles. The number of aromatic nitrogens is 1. The van der Waals surface area contributed by atoms with Crippen molar-refractivity contribution in [2.75, 3.05) is 28.6 Å². The van der Waals surface area contributed by atoms with Gasteiger partial charge < -0.3 is 26.0 Å². The zero-order chi connectivity index (χ0) is 26.7. The van der Waals surface area contributed by atoms with Crippen molar-refractivity contribution in [2.45, 2.75) is 6.18 Å². The third-order valence-corrected chi connectivity index (χ3v) is 5.61. The molecular formula is C24H20F4N6O2S. The van der Waals surface area contributed by atoms with Crippen LogP contribution in [0.5, 0.6) is 11.5 Å². The number of anilines is 3. The average Bonchev–Trinajstić information content (AvgIpc) is 3.21. The molecule has 3 aromatic rings. The fraction of sp³-hybridized carbons (Fsp3) is 0.125. The summed E-state index contributed by atoms with van der Waals surface area (Å²) < 4.78 is 59.4. The van der Waals surface area contributed by atoms with Crippen molar-refractivity contribution in [1.82, 2.24) is 9.88 Å². The van der Waals surface area contributed by atoms with Crippen LogP contribution in [0, 0.1) is 5.82 Å². The predicted molar refractivity (Wildman–Crippen MR) is 135 cm³/mol. The van der Waals surface area contributed by atoms with E-state index in [0.29, 0.717) is 5.82 Å². The van der Waals surface area contributed by atoms with Gasteiger partial charge in [0, 0.05) is 42.8 Å². The number of hydrogen-bond acceptors (Lipinski definition) is 6. The van der Waals surface area contributed by atoms with E-state index < -0.39 is 23.6 Å². The van der Waals surface area contributed by atoms with E-state index >= 15 is 0 Å². The number of nitrogens with two attached hydrogens (primary N) is 1. The summed E-state index contributed by atoms with van der Waals surface area (Å²) >= 11 is 5.32. The maximum Gasteiger partial charge on any atom is 0.416 e. The van der Waals surface area contributed by atoms with Gasteiger partial charge in [0.25, 0.3) is 0 Å². The largest absolute Gasteiger partial charge is 0.454 e. The van der Waals surface area contributed by atoms with Crippen LogP contribution >= 0.6 is 12.2 Å². The topological polar surface area (TPSA) is 95.7 Å². The molecule has 0 spiro atoms. The van der Waals surface area contributed by atoms with Crippen LogP contribution < -0.4 is 26.0 Å². The summed E-state index contributed by atoms with van der Waals surface area (Å²) in [4.78, 5) is 19.4. The van der Waals surface area contributed by atoms with Gasteiger partial charge >= 0.3 is 12.2 Å². The number of carbonyl (C=O) groups excluding carboxylic acids is 1. The first-order valence-corrected chi connectivity index (χ1v) is 11.1. The second kappa shape index (κ2) is 10.3. The van der Waals surface area contributed by atoms with E-state index in [1.165, 1.54) is 52.4 Å². The molecule has 0 saturated carbocycles. The van der Waals surface area contributed by atoms with Gasteiger partial charge in [0.1, 0.15) is 11.6 Å². The van der Waals surface area contributed by atoms with E-state index in [9.17, 15) is 22.4 Å². The number of alkyl halides is 3. The number of nitrogens with one attached hydrogen (secondary N) is 2. The Morgan fingerprint density at radius 1 is 1.11 bits per heavy atom. The Hall–Kier alpha value is -4.39. The Kier molecular flexibility index (Phi) is 7.16. The van der Waals surface area contributed by atoms with Gasteiger partial charge in [-0.05, 0) is 48.6 Å². The first-order chi connectivity index (χ1) is 17.5. The predicted octanol–water partition coefficient (Wildman–Crippen LogP) is 5.51. The minimum absolute atomic E-state index is 0.0273. The molecule has 37 heavy (non-hydrogen) atoms. The Morgan fingerprint density at radius 3 is 2.59 bits per heavy atom. The van der Waals surface area contributed by atoms with Crippen LogP contribution in [0.4, 0.5) is 39.5 Å². The molecule has 1 fully saturated rings. The van der Waals surface area contributed by atoms with Crippen molar-refractivity contribution in [3.8, 4) is 11.5 Å². The number of halogens is 4. The molecule has 0 bridgehead atoms. The lowest BCUT2D eigenvalue weighted by atomic mass is 10.2. The van der Waals surface area contributed by atoms with Crippen LogP contribution in [-0.4, -0.2) is 34.1 Å². The molecule has 0 unspecified atom stereocenters. The Balaban J connectivity index is 1.41. The second-order valence-corrected chi connectivity index (χ2v) is 8.20. The molecule has 1 saturated heterocycles. The fourth-order valence-corrected chi connectivity index (χ4v) is 3.87. The van der Waals surface area contributed by atoms with E-state index in [4.69, 9.17) is 22.7 Å². The average molecular weight is 533 g/mol. The summed E-state index contributed by atoms with van der Waals surface area (Å²) in [5.41, 5.74) is 5.01. The number of urea groups is 1. The van der Waals surface area contributed by atoms with Crippen molar-refractivity contribution in [3.05, 3.63) is 84.6 Å². The Labute approximate surface area is 214 Å². The molecule has 13 heteroatoms. The summed E-state index contributed by atoms with van der Waals surface area (Å²) in [7, 11) is 0. The molecule has 0 atom stereocenters.